The van der Waals surface area contributed by atoms with Gasteiger partial charge in [-0.25, -0.2) is 0 Å². The molecule has 1 saturated carbocycles. The van der Waals surface area contributed by atoms with Crippen LogP contribution in [-0.4, -0.2) is 41.2 Å². The SMILES string of the molecule is Cc1ccc(Cl)cc1NC(=O)C(C)OC(=O)CN1C(=O)C2CCCCC2C1=O. The number of hydrogen-bond acceptors (Lipinski definition) is 5. The number of carbonyl (C=O) groups is 4. The average molecular weight is 407 g/mol. The van der Waals surface area contributed by atoms with Crippen LogP contribution in [-0.2, 0) is 23.9 Å². The molecule has 1 N–H and O–H groups in total. The van der Waals surface area contributed by atoms with E-state index in [0.717, 1.165) is 23.3 Å². The number of benzene rings is 1. The van der Waals surface area contributed by atoms with Gasteiger partial charge in [-0.1, -0.05) is 30.5 Å². The molecule has 3 amide bonds. The van der Waals surface area contributed by atoms with Gasteiger partial charge in [0.1, 0.15) is 6.54 Å². The maximum atomic E-state index is 12.4. The van der Waals surface area contributed by atoms with E-state index < -0.39 is 24.5 Å². The minimum absolute atomic E-state index is 0.307. The topological polar surface area (TPSA) is 92.8 Å². The number of nitrogens with one attached hydrogen (secondary N) is 1. The number of likely N-dealkylation sites (tertiary alicyclic amines) is 1. The number of amides is 3. The van der Waals surface area contributed by atoms with Crippen molar-refractivity contribution in [2.24, 2.45) is 11.8 Å². The maximum Gasteiger partial charge on any atom is 0.326 e. The molecule has 1 aliphatic carbocycles. The Bertz CT molecular complexity index is 801. The first-order valence-corrected chi connectivity index (χ1v) is 9.77. The highest BCUT2D eigenvalue weighted by Crippen LogP contribution is 2.37. The molecule has 1 aromatic carbocycles. The normalized spacial score (nSPS) is 22.6. The Morgan fingerprint density at radius 3 is 2.43 bits per heavy atom. The third-order valence-corrected chi connectivity index (χ3v) is 5.59. The van der Waals surface area contributed by atoms with Gasteiger partial charge in [-0.15, -0.1) is 0 Å². The Balaban J connectivity index is 1.57. The van der Waals surface area contributed by atoms with Gasteiger partial charge in [0.05, 0.1) is 11.8 Å². The highest BCUT2D eigenvalue weighted by molar-refractivity contribution is 6.31. The van der Waals surface area contributed by atoms with Crippen molar-refractivity contribution in [1.82, 2.24) is 4.90 Å². The minimum Gasteiger partial charge on any atom is -0.451 e. The lowest BCUT2D eigenvalue weighted by Gasteiger charge is -2.19. The summed E-state index contributed by atoms with van der Waals surface area (Å²) in [6.07, 6.45) is 2.11. The first kappa shape index (κ1) is 20.3. The van der Waals surface area contributed by atoms with Gasteiger partial charge >= 0.3 is 5.97 Å². The molecule has 1 aliphatic heterocycles. The average Bonchev–Trinajstić information content (AvgIpc) is 2.90. The molecule has 0 bridgehead atoms. The fourth-order valence-electron chi connectivity index (χ4n) is 3.77. The van der Waals surface area contributed by atoms with Crippen molar-refractivity contribution in [3.05, 3.63) is 28.8 Å². The maximum absolute atomic E-state index is 12.4. The fraction of sp³-hybridized carbons (Fsp3) is 0.500. The second-order valence-electron chi connectivity index (χ2n) is 7.34. The summed E-state index contributed by atoms with van der Waals surface area (Å²) >= 11 is 5.93. The molecule has 28 heavy (non-hydrogen) atoms. The summed E-state index contributed by atoms with van der Waals surface area (Å²) in [5.74, 6) is -2.56. The number of nitrogens with zero attached hydrogens (tertiary/aromatic N) is 1. The number of carbonyl (C=O) groups excluding carboxylic acids is 4. The Hall–Kier alpha value is -2.41. The van der Waals surface area contributed by atoms with Crippen LogP contribution in [0.15, 0.2) is 18.2 Å². The van der Waals surface area contributed by atoms with Gasteiger partial charge < -0.3 is 10.1 Å². The summed E-state index contributed by atoms with van der Waals surface area (Å²) in [5.41, 5.74) is 1.33. The summed E-state index contributed by atoms with van der Waals surface area (Å²) in [7, 11) is 0. The van der Waals surface area contributed by atoms with Crippen LogP contribution >= 0.6 is 11.6 Å². The fourth-order valence-corrected chi connectivity index (χ4v) is 3.94. The predicted molar refractivity (Wildman–Crippen MR) is 103 cm³/mol. The van der Waals surface area contributed by atoms with Crippen molar-refractivity contribution < 1.29 is 23.9 Å². The van der Waals surface area contributed by atoms with Crippen LogP contribution in [0, 0.1) is 18.8 Å². The van der Waals surface area contributed by atoms with Crippen molar-refractivity contribution >= 4 is 41.0 Å². The van der Waals surface area contributed by atoms with E-state index in [0.29, 0.717) is 23.6 Å². The molecule has 0 spiro atoms. The third kappa shape index (κ3) is 4.19. The van der Waals surface area contributed by atoms with Crippen LogP contribution in [0.3, 0.4) is 0 Å². The molecule has 150 valence electrons. The van der Waals surface area contributed by atoms with Crippen LogP contribution in [0.5, 0.6) is 0 Å². The second kappa shape index (κ2) is 8.31. The van der Waals surface area contributed by atoms with Crippen LogP contribution < -0.4 is 5.32 Å². The first-order chi connectivity index (χ1) is 13.3. The molecule has 3 unspecified atom stereocenters. The van der Waals surface area contributed by atoms with Gasteiger partial charge in [-0.3, -0.25) is 24.1 Å². The van der Waals surface area contributed by atoms with Crippen molar-refractivity contribution in [3.63, 3.8) is 0 Å². The first-order valence-electron chi connectivity index (χ1n) is 9.39. The van der Waals surface area contributed by atoms with Crippen molar-refractivity contribution in [3.8, 4) is 0 Å². The van der Waals surface area contributed by atoms with Gasteiger partial charge in [-0.05, 0) is 44.4 Å². The van der Waals surface area contributed by atoms with E-state index in [2.05, 4.69) is 5.32 Å². The minimum atomic E-state index is -1.08. The van der Waals surface area contributed by atoms with E-state index in [9.17, 15) is 19.2 Å². The molecule has 3 rings (SSSR count). The molecule has 0 radical (unpaired) electrons. The molecule has 1 saturated heterocycles. The van der Waals surface area contributed by atoms with Crippen LogP contribution in [0.4, 0.5) is 5.69 Å². The third-order valence-electron chi connectivity index (χ3n) is 5.35. The van der Waals surface area contributed by atoms with Crippen molar-refractivity contribution in [1.29, 1.82) is 0 Å². The van der Waals surface area contributed by atoms with Gasteiger partial charge in [0.2, 0.25) is 11.8 Å². The Morgan fingerprint density at radius 2 is 1.82 bits per heavy atom. The summed E-state index contributed by atoms with van der Waals surface area (Å²) in [6.45, 7) is 2.78. The molecule has 0 aromatic heterocycles. The monoisotopic (exact) mass is 406 g/mol. The smallest absolute Gasteiger partial charge is 0.326 e. The van der Waals surface area contributed by atoms with Gasteiger partial charge in [0.15, 0.2) is 6.10 Å². The molecular formula is C20H23ClN2O5. The zero-order valence-electron chi connectivity index (χ0n) is 15.9. The van der Waals surface area contributed by atoms with Crippen LogP contribution in [0.25, 0.3) is 0 Å². The zero-order chi connectivity index (χ0) is 20.4. The number of halogens is 1. The van der Waals surface area contributed by atoms with Gasteiger partial charge in [0, 0.05) is 10.7 Å². The van der Waals surface area contributed by atoms with Crippen molar-refractivity contribution in [2.45, 2.75) is 45.6 Å². The summed E-state index contributed by atoms with van der Waals surface area (Å²) < 4.78 is 5.14. The number of imide groups is 1. The molecule has 2 fully saturated rings. The lowest BCUT2D eigenvalue weighted by atomic mass is 9.81. The number of rotatable bonds is 5. The number of aryl methyl sites for hydroxylation is 1. The quantitative estimate of drug-likeness (QED) is 0.599. The Kier molecular flexibility index (Phi) is 6.03. The molecule has 1 aromatic rings. The van der Waals surface area contributed by atoms with E-state index in [1.165, 1.54) is 6.92 Å². The summed E-state index contributed by atoms with van der Waals surface area (Å²) in [6, 6.07) is 5.07. The van der Waals surface area contributed by atoms with Crippen molar-refractivity contribution in [2.75, 3.05) is 11.9 Å². The zero-order valence-corrected chi connectivity index (χ0v) is 16.6. The molecule has 1 heterocycles. The highest BCUT2D eigenvalue weighted by Gasteiger charge is 2.48. The van der Waals surface area contributed by atoms with E-state index in [4.69, 9.17) is 16.3 Å². The van der Waals surface area contributed by atoms with E-state index >= 15 is 0 Å². The number of anilines is 1. The Labute approximate surface area is 168 Å². The van der Waals surface area contributed by atoms with E-state index in [1.54, 1.807) is 18.2 Å². The number of esters is 1. The molecule has 2 aliphatic rings. The lowest BCUT2D eigenvalue weighted by molar-refractivity contribution is -0.158. The highest BCUT2D eigenvalue weighted by atomic mass is 35.5. The number of hydrogen-bond donors (Lipinski definition) is 1. The molecular weight excluding hydrogens is 384 g/mol. The number of ether oxygens (including phenoxy) is 1. The summed E-state index contributed by atoms with van der Waals surface area (Å²) in [4.78, 5) is 50.3. The lowest BCUT2D eigenvalue weighted by Crippen LogP contribution is -2.39. The van der Waals surface area contributed by atoms with Gasteiger partial charge in [0.25, 0.3) is 5.91 Å². The molecule has 8 heteroatoms. The van der Waals surface area contributed by atoms with Crippen LogP contribution in [0.2, 0.25) is 5.02 Å². The molecule has 7 nitrogen and oxygen atoms in total. The summed E-state index contributed by atoms with van der Waals surface area (Å²) in [5, 5.41) is 3.13. The van der Waals surface area contributed by atoms with E-state index in [-0.39, 0.29) is 23.7 Å². The second-order valence-corrected chi connectivity index (χ2v) is 7.78. The Morgan fingerprint density at radius 1 is 1.21 bits per heavy atom. The van der Waals surface area contributed by atoms with E-state index in [1.807, 2.05) is 6.92 Å². The van der Waals surface area contributed by atoms with Gasteiger partial charge in [-0.2, -0.15) is 0 Å². The largest absolute Gasteiger partial charge is 0.451 e. The predicted octanol–water partition coefficient (Wildman–Crippen LogP) is 2.69. The molecule has 3 atom stereocenters. The van der Waals surface area contributed by atoms with Crippen LogP contribution in [0.1, 0.15) is 38.2 Å². The number of fused-ring (bicyclic) bond motifs is 1. The standard InChI is InChI=1S/C20H23ClN2O5/c1-11-7-8-13(21)9-16(11)22-18(25)12(2)28-17(24)10-23-19(26)14-5-3-4-6-15(14)20(23)27/h7-9,12,14-15H,3-6,10H2,1-2H3,(H,22,25).